The minimum absolute atomic E-state index is 0.290. The first kappa shape index (κ1) is 14.8. The molecule has 21 heavy (non-hydrogen) atoms. The Balaban J connectivity index is 1.83. The lowest BCUT2D eigenvalue weighted by molar-refractivity contribution is 0.0579. The largest absolute Gasteiger partial charge is 0.292 e. The Bertz CT molecular complexity index is 526. The standard InChI is InChI=1S/C19H27NO/c1-19(2,20-12-6-3-7-13-20)18(21)17-11-10-15-8-4-5-9-16(15)14-17/h10-11,14H,3-9,12-13H2,1-2H3. The quantitative estimate of drug-likeness (QED) is 0.782. The smallest absolute Gasteiger partial charge is 0.182 e. The molecule has 114 valence electrons. The van der Waals surface area contributed by atoms with Crippen molar-refractivity contribution in [2.24, 2.45) is 0 Å². The number of carbonyl (C=O) groups excluding carboxylic acids is 1. The lowest BCUT2D eigenvalue weighted by Crippen LogP contribution is -2.52. The number of Topliss-reactive ketones (excluding diaryl/α,β-unsaturated/α-hetero) is 1. The average Bonchev–Trinajstić information content (AvgIpc) is 2.54. The molecule has 1 fully saturated rings. The van der Waals surface area contributed by atoms with Crippen molar-refractivity contribution in [1.29, 1.82) is 0 Å². The van der Waals surface area contributed by atoms with Crippen LogP contribution in [0.4, 0.5) is 0 Å². The van der Waals surface area contributed by atoms with E-state index in [1.807, 2.05) is 0 Å². The van der Waals surface area contributed by atoms with Crippen molar-refractivity contribution >= 4 is 5.78 Å². The van der Waals surface area contributed by atoms with Gasteiger partial charge in [-0.25, -0.2) is 0 Å². The van der Waals surface area contributed by atoms with E-state index < -0.39 is 0 Å². The predicted molar refractivity (Wildman–Crippen MR) is 86.9 cm³/mol. The Hall–Kier alpha value is -1.15. The summed E-state index contributed by atoms with van der Waals surface area (Å²) in [5, 5.41) is 0. The SMILES string of the molecule is CC(C)(C(=O)c1ccc2c(c1)CCCC2)N1CCCCC1. The monoisotopic (exact) mass is 285 g/mol. The number of piperidine rings is 1. The van der Waals surface area contributed by atoms with Crippen molar-refractivity contribution in [1.82, 2.24) is 4.90 Å². The van der Waals surface area contributed by atoms with Crippen LogP contribution in [0.5, 0.6) is 0 Å². The van der Waals surface area contributed by atoms with E-state index in [1.54, 1.807) is 0 Å². The van der Waals surface area contributed by atoms with Crippen molar-refractivity contribution < 1.29 is 4.79 Å². The van der Waals surface area contributed by atoms with Crippen LogP contribution in [-0.2, 0) is 12.8 Å². The van der Waals surface area contributed by atoms with Crippen LogP contribution in [0.2, 0.25) is 0 Å². The number of nitrogens with zero attached hydrogens (tertiary/aromatic N) is 1. The third kappa shape index (κ3) is 2.91. The number of hydrogen-bond acceptors (Lipinski definition) is 2. The Morgan fingerprint density at radius 1 is 0.952 bits per heavy atom. The molecule has 0 saturated carbocycles. The van der Waals surface area contributed by atoms with E-state index in [2.05, 4.69) is 36.9 Å². The molecule has 1 heterocycles. The first-order valence-electron chi connectivity index (χ1n) is 8.51. The molecule has 3 rings (SSSR count). The highest BCUT2D eigenvalue weighted by molar-refractivity contribution is 6.02. The summed E-state index contributed by atoms with van der Waals surface area (Å²) in [5.74, 6) is 0.290. The van der Waals surface area contributed by atoms with E-state index >= 15 is 0 Å². The van der Waals surface area contributed by atoms with E-state index in [-0.39, 0.29) is 11.3 Å². The van der Waals surface area contributed by atoms with Crippen molar-refractivity contribution in [3.63, 3.8) is 0 Å². The van der Waals surface area contributed by atoms with E-state index in [0.29, 0.717) is 0 Å². The fourth-order valence-electron chi connectivity index (χ4n) is 3.82. The first-order chi connectivity index (χ1) is 10.1. The number of aryl methyl sites for hydroxylation is 2. The van der Waals surface area contributed by atoms with Gasteiger partial charge in [-0.1, -0.05) is 18.6 Å². The molecule has 0 spiro atoms. The van der Waals surface area contributed by atoms with Gasteiger partial charge in [-0.3, -0.25) is 9.69 Å². The molecule has 2 nitrogen and oxygen atoms in total. The third-order valence-corrected chi connectivity index (χ3v) is 5.31. The molecule has 1 aliphatic heterocycles. The van der Waals surface area contributed by atoms with Crippen LogP contribution >= 0.6 is 0 Å². The molecule has 2 heteroatoms. The van der Waals surface area contributed by atoms with Crippen LogP contribution in [0.25, 0.3) is 0 Å². The number of ketones is 1. The zero-order valence-corrected chi connectivity index (χ0v) is 13.5. The second kappa shape index (κ2) is 5.92. The van der Waals surface area contributed by atoms with Crippen molar-refractivity contribution in [3.05, 3.63) is 34.9 Å². The molecule has 0 unspecified atom stereocenters. The van der Waals surface area contributed by atoms with Gasteiger partial charge in [0.15, 0.2) is 5.78 Å². The second-order valence-electron chi connectivity index (χ2n) is 7.13. The van der Waals surface area contributed by atoms with Crippen molar-refractivity contribution in [3.8, 4) is 0 Å². The molecule has 2 aliphatic rings. The Morgan fingerprint density at radius 3 is 2.33 bits per heavy atom. The zero-order valence-electron chi connectivity index (χ0n) is 13.5. The minimum Gasteiger partial charge on any atom is -0.292 e. The van der Waals surface area contributed by atoms with E-state index in [9.17, 15) is 4.79 Å². The zero-order chi connectivity index (χ0) is 14.9. The van der Waals surface area contributed by atoms with E-state index in [4.69, 9.17) is 0 Å². The molecule has 0 N–H and O–H groups in total. The molecular weight excluding hydrogens is 258 g/mol. The van der Waals surface area contributed by atoms with Gasteiger partial charge in [0.1, 0.15) is 0 Å². The van der Waals surface area contributed by atoms with Crippen LogP contribution in [0.3, 0.4) is 0 Å². The lowest BCUT2D eigenvalue weighted by Gasteiger charge is -2.39. The van der Waals surface area contributed by atoms with Crippen LogP contribution in [0, 0.1) is 0 Å². The summed E-state index contributed by atoms with van der Waals surface area (Å²) < 4.78 is 0. The highest BCUT2D eigenvalue weighted by Gasteiger charge is 2.35. The number of carbonyl (C=O) groups is 1. The molecule has 0 aromatic heterocycles. The summed E-state index contributed by atoms with van der Waals surface area (Å²) in [7, 11) is 0. The molecule has 0 bridgehead atoms. The maximum Gasteiger partial charge on any atom is 0.182 e. The Morgan fingerprint density at radius 2 is 1.62 bits per heavy atom. The number of rotatable bonds is 3. The fraction of sp³-hybridized carbons (Fsp3) is 0.632. The summed E-state index contributed by atoms with van der Waals surface area (Å²) in [6, 6.07) is 6.41. The van der Waals surface area contributed by atoms with E-state index in [0.717, 1.165) is 25.1 Å². The average molecular weight is 285 g/mol. The molecule has 1 saturated heterocycles. The summed E-state index contributed by atoms with van der Waals surface area (Å²) >= 11 is 0. The molecule has 1 aromatic rings. The van der Waals surface area contributed by atoms with Crippen molar-refractivity contribution in [2.45, 2.75) is 64.3 Å². The summed E-state index contributed by atoms with van der Waals surface area (Å²) in [6.45, 7) is 6.31. The summed E-state index contributed by atoms with van der Waals surface area (Å²) in [4.78, 5) is 15.4. The normalized spacial score (nSPS) is 20.1. The first-order valence-corrected chi connectivity index (χ1v) is 8.51. The van der Waals surface area contributed by atoms with Gasteiger partial charge in [0.2, 0.25) is 0 Å². The predicted octanol–water partition coefficient (Wildman–Crippen LogP) is 4.01. The number of hydrogen-bond donors (Lipinski definition) is 0. The molecule has 1 aliphatic carbocycles. The van der Waals surface area contributed by atoms with Crippen LogP contribution in [-0.4, -0.2) is 29.3 Å². The van der Waals surface area contributed by atoms with E-state index in [1.165, 1.54) is 49.7 Å². The maximum atomic E-state index is 13.0. The summed E-state index contributed by atoms with van der Waals surface area (Å²) in [6.07, 6.45) is 8.63. The van der Waals surface area contributed by atoms with Crippen molar-refractivity contribution in [2.75, 3.05) is 13.1 Å². The molecule has 1 aromatic carbocycles. The minimum atomic E-state index is -0.372. The van der Waals surface area contributed by atoms with Gasteiger partial charge < -0.3 is 0 Å². The Kier molecular flexibility index (Phi) is 4.17. The molecule has 0 radical (unpaired) electrons. The fourth-order valence-corrected chi connectivity index (χ4v) is 3.82. The van der Waals surface area contributed by atoms with Gasteiger partial charge >= 0.3 is 0 Å². The molecule has 0 atom stereocenters. The van der Waals surface area contributed by atoms with Gasteiger partial charge in [0.05, 0.1) is 5.54 Å². The second-order valence-corrected chi connectivity index (χ2v) is 7.13. The number of benzene rings is 1. The van der Waals surface area contributed by atoms with Gasteiger partial charge in [-0.05, 0) is 82.7 Å². The Labute approximate surface area is 128 Å². The van der Waals surface area contributed by atoms with Gasteiger partial charge in [0, 0.05) is 5.56 Å². The number of fused-ring (bicyclic) bond motifs is 1. The van der Waals surface area contributed by atoms with Crippen LogP contribution in [0.15, 0.2) is 18.2 Å². The van der Waals surface area contributed by atoms with Crippen LogP contribution < -0.4 is 0 Å². The highest BCUT2D eigenvalue weighted by Crippen LogP contribution is 2.27. The maximum absolute atomic E-state index is 13.0. The molecule has 0 amide bonds. The lowest BCUT2D eigenvalue weighted by atomic mass is 9.85. The topological polar surface area (TPSA) is 20.3 Å². The highest BCUT2D eigenvalue weighted by atomic mass is 16.1. The van der Waals surface area contributed by atoms with Crippen LogP contribution in [0.1, 0.15) is 67.4 Å². The van der Waals surface area contributed by atoms with Gasteiger partial charge in [-0.15, -0.1) is 0 Å². The third-order valence-electron chi connectivity index (χ3n) is 5.31. The molecular formula is C19H27NO. The van der Waals surface area contributed by atoms with Gasteiger partial charge in [-0.2, -0.15) is 0 Å². The summed E-state index contributed by atoms with van der Waals surface area (Å²) in [5.41, 5.74) is 3.39. The number of likely N-dealkylation sites (tertiary alicyclic amines) is 1. The van der Waals surface area contributed by atoms with Gasteiger partial charge in [0.25, 0.3) is 0 Å².